The molecule has 0 radical (unpaired) electrons. The standard InChI is InChI=1S/C12H17BrClNO/c1-9(4-3-7-15-2)16-12-8-10(13)5-6-11(12)14/h5-6,8-9,15H,3-4,7H2,1-2H3. The Morgan fingerprint density at radius 2 is 2.25 bits per heavy atom. The third-order valence-electron chi connectivity index (χ3n) is 2.26. The molecule has 1 unspecified atom stereocenters. The van der Waals surface area contributed by atoms with Crippen molar-refractivity contribution < 1.29 is 4.74 Å². The molecule has 0 saturated carbocycles. The lowest BCUT2D eigenvalue weighted by molar-refractivity contribution is 0.208. The van der Waals surface area contributed by atoms with Crippen molar-refractivity contribution in [2.75, 3.05) is 13.6 Å². The van der Waals surface area contributed by atoms with Crippen LogP contribution in [-0.4, -0.2) is 19.7 Å². The van der Waals surface area contributed by atoms with Crippen LogP contribution in [0.4, 0.5) is 0 Å². The first kappa shape index (κ1) is 13.8. The summed E-state index contributed by atoms with van der Waals surface area (Å²) in [5, 5.41) is 3.77. The van der Waals surface area contributed by atoms with Crippen molar-refractivity contribution in [3.05, 3.63) is 27.7 Å². The van der Waals surface area contributed by atoms with Crippen molar-refractivity contribution in [2.45, 2.75) is 25.9 Å². The second-order valence-electron chi connectivity index (χ2n) is 3.75. The zero-order chi connectivity index (χ0) is 12.0. The maximum Gasteiger partial charge on any atom is 0.139 e. The van der Waals surface area contributed by atoms with Gasteiger partial charge in [0.2, 0.25) is 0 Å². The molecule has 90 valence electrons. The molecule has 0 saturated heterocycles. The van der Waals surface area contributed by atoms with Gasteiger partial charge in [-0.1, -0.05) is 27.5 Å². The Hall–Kier alpha value is -0.250. The molecule has 0 spiro atoms. The fourth-order valence-corrected chi connectivity index (χ4v) is 1.91. The van der Waals surface area contributed by atoms with E-state index in [9.17, 15) is 0 Å². The Morgan fingerprint density at radius 3 is 2.94 bits per heavy atom. The van der Waals surface area contributed by atoms with Crippen LogP contribution in [0.3, 0.4) is 0 Å². The van der Waals surface area contributed by atoms with Crippen LogP contribution >= 0.6 is 27.5 Å². The highest BCUT2D eigenvalue weighted by Gasteiger charge is 2.07. The topological polar surface area (TPSA) is 21.3 Å². The molecule has 0 aromatic heterocycles. The predicted molar refractivity (Wildman–Crippen MR) is 72.4 cm³/mol. The molecule has 1 atom stereocenters. The second-order valence-corrected chi connectivity index (χ2v) is 5.07. The number of hydrogen-bond donors (Lipinski definition) is 1. The van der Waals surface area contributed by atoms with Crippen molar-refractivity contribution >= 4 is 27.5 Å². The molecular formula is C12H17BrClNO. The van der Waals surface area contributed by atoms with E-state index in [-0.39, 0.29) is 6.10 Å². The van der Waals surface area contributed by atoms with Crippen molar-refractivity contribution in [1.82, 2.24) is 5.32 Å². The number of rotatable bonds is 6. The first-order valence-corrected chi connectivity index (χ1v) is 6.57. The average Bonchev–Trinajstić information content (AvgIpc) is 2.24. The first-order chi connectivity index (χ1) is 7.63. The average molecular weight is 307 g/mol. The van der Waals surface area contributed by atoms with E-state index in [1.807, 2.05) is 25.2 Å². The SMILES string of the molecule is CNCCCC(C)Oc1cc(Br)ccc1Cl. The highest BCUT2D eigenvalue weighted by Crippen LogP contribution is 2.29. The maximum absolute atomic E-state index is 6.04. The van der Waals surface area contributed by atoms with Gasteiger partial charge in [0, 0.05) is 4.47 Å². The summed E-state index contributed by atoms with van der Waals surface area (Å²) in [5.41, 5.74) is 0. The second kappa shape index (κ2) is 7.15. The third-order valence-corrected chi connectivity index (χ3v) is 3.06. The van der Waals surface area contributed by atoms with E-state index in [4.69, 9.17) is 16.3 Å². The quantitative estimate of drug-likeness (QED) is 0.806. The first-order valence-electron chi connectivity index (χ1n) is 5.39. The van der Waals surface area contributed by atoms with Gasteiger partial charge in [0.15, 0.2) is 0 Å². The fraction of sp³-hybridized carbons (Fsp3) is 0.500. The minimum atomic E-state index is 0.181. The highest BCUT2D eigenvalue weighted by atomic mass is 79.9. The third kappa shape index (κ3) is 4.73. The lowest BCUT2D eigenvalue weighted by Gasteiger charge is -2.15. The van der Waals surface area contributed by atoms with E-state index in [1.54, 1.807) is 0 Å². The Kier molecular flexibility index (Phi) is 6.17. The Morgan fingerprint density at radius 1 is 1.50 bits per heavy atom. The lowest BCUT2D eigenvalue weighted by atomic mass is 10.2. The molecule has 0 aliphatic heterocycles. The fourth-order valence-electron chi connectivity index (χ4n) is 1.41. The van der Waals surface area contributed by atoms with Crippen LogP contribution < -0.4 is 10.1 Å². The molecule has 1 aromatic carbocycles. The van der Waals surface area contributed by atoms with Gasteiger partial charge in [0.05, 0.1) is 11.1 Å². The smallest absolute Gasteiger partial charge is 0.139 e. The Bertz CT molecular complexity index is 333. The van der Waals surface area contributed by atoms with Crippen LogP contribution in [0, 0.1) is 0 Å². The maximum atomic E-state index is 6.04. The molecule has 1 N–H and O–H groups in total. The van der Waals surface area contributed by atoms with E-state index in [1.165, 1.54) is 0 Å². The van der Waals surface area contributed by atoms with Crippen LogP contribution in [0.2, 0.25) is 5.02 Å². The summed E-state index contributed by atoms with van der Waals surface area (Å²) in [4.78, 5) is 0. The molecule has 0 bridgehead atoms. The molecule has 0 amide bonds. The lowest BCUT2D eigenvalue weighted by Crippen LogP contribution is -2.15. The summed E-state index contributed by atoms with van der Waals surface area (Å²) in [5.74, 6) is 0.744. The van der Waals surface area contributed by atoms with Crippen molar-refractivity contribution in [2.24, 2.45) is 0 Å². The highest BCUT2D eigenvalue weighted by molar-refractivity contribution is 9.10. The van der Waals surface area contributed by atoms with Crippen LogP contribution in [-0.2, 0) is 0 Å². The van der Waals surface area contributed by atoms with Gasteiger partial charge in [-0.2, -0.15) is 0 Å². The van der Waals surface area contributed by atoms with Crippen LogP contribution in [0.15, 0.2) is 22.7 Å². The largest absolute Gasteiger partial charge is 0.489 e. The van der Waals surface area contributed by atoms with Crippen LogP contribution in [0.25, 0.3) is 0 Å². The molecule has 0 aliphatic carbocycles. The molecule has 0 heterocycles. The zero-order valence-electron chi connectivity index (χ0n) is 9.59. The number of hydrogen-bond acceptors (Lipinski definition) is 2. The summed E-state index contributed by atoms with van der Waals surface area (Å²) >= 11 is 9.44. The summed E-state index contributed by atoms with van der Waals surface area (Å²) < 4.78 is 6.76. The number of halogens is 2. The van der Waals surface area contributed by atoms with Gasteiger partial charge in [-0.15, -0.1) is 0 Å². The van der Waals surface area contributed by atoms with Gasteiger partial charge in [-0.3, -0.25) is 0 Å². The molecule has 1 rings (SSSR count). The van der Waals surface area contributed by atoms with E-state index in [0.29, 0.717) is 5.02 Å². The number of ether oxygens (including phenoxy) is 1. The van der Waals surface area contributed by atoms with Crippen molar-refractivity contribution in [1.29, 1.82) is 0 Å². The summed E-state index contributed by atoms with van der Waals surface area (Å²) in [6, 6.07) is 5.64. The monoisotopic (exact) mass is 305 g/mol. The molecule has 4 heteroatoms. The minimum absolute atomic E-state index is 0.181. The van der Waals surface area contributed by atoms with Gasteiger partial charge in [0.25, 0.3) is 0 Å². The summed E-state index contributed by atoms with van der Waals surface area (Å²) in [6.45, 7) is 3.08. The van der Waals surface area contributed by atoms with Crippen molar-refractivity contribution in [3.8, 4) is 5.75 Å². The van der Waals surface area contributed by atoms with Crippen LogP contribution in [0.1, 0.15) is 19.8 Å². The van der Waals surface area contributed by atoms with Gasteiger partial charge >= 0.3 is 0 Å². The Balaban J connectivity index is 2.48. The number of nitrogens with one attached hydrogen (secondary N) is 1. The predicted octanol–water partition coefficient (Wildman–Crippen LogP) is 3.87. The summed E-state index contributed by atoms with van der Waals surface area (Å²) in [6.07, 6.45) is 2.30. The summed E-state index contributed by atoms with van der Waals surface area (Å²) in [7, 11) is 1.96. The van der Waals surface area contributed by atoms with Crippen molar-refractivity contribution in [3.63, 3.8) is 0 Å². The molecule has 16 heavy (non-hydrogen) atoms. The van der Waals surface area contributed by atoms with E-state index in [2.05, 4.69) is 28.2 Å². The molecule has 0 aliphatic rings. The van der Waals surface area contributed by atoms with Gasteiger partial charge in [0.1, 0.15) is 5.75 Å². The van der Waals surface area contributed by atoms with Gasteiger partial charge in [-0.25, -0.2) is 0 Å². The normalized spacial score (nSPS) is 12.5. The molecule has 0 fully saturated rings. The van der Waals surface area contributed by atoms with Crippen LogP contribution in [0.5, 0.6) is 5.75 Å². The zero-order valence-corrected chi connectivity index (χ0v) is 11.9. The molecule has 1 aromatic rings. The Labute approximate surface area is 110 Å². The van der Waals surface area contributed by atoms with E-state index < -0.39 is 0 Å². The van der Waals surface area contributed by atoms with E-state index >= 15 is 0 Å². The molecular weight excluding hydrogens is 289 g/mol. The molecule has 2 nitrogen and oxygen atoms in total. The van der Waals surface area contributed by atoms with Gasteiger partial charge in [-0.05, 0) is 51.6 Å². The minimum Gasteiger partial charge on any atom is -0.489 e. The van der Waals surface area contributed by atoms with Gasteiger partial charge < -0.3 is 10.1 Å². The number of benzene rings is 1. The van der Waals surface area contributed by atoms with E-state index in [0.717, 1.165) is 29.6 Å².